The van der Waals surface area contributed by atoms with Gasteiger partial charge < -0.3 is 9.64 Å². The van der Waals surface area contributed by atoms with Gasteiger partial charge in [0.05, 0.1) is 18.8 Å². The molecule has 1 aromatic rings. The van der Waals surface area contributed by atoms with E-state index in [1.165, 1.54) is 5.56 Å². The summed E-state index contributed by atoms with van der Waals surface area (Å²) in [6.45, 7) is 8.23. The quantitative estimate of drug-likeness (QED) is 0.723. The van der Waals surface area contributed by atoms with Crippen molar-refractivity contribution in [1.82, 2.24) is 14.7 Å². The summed E-state index contributed by atoms with van der Waals surface area (Å²) in [4.78, 5) is 2.18. The molecule has 0 spiro atoms. The third-order valence-corrected chi connectivity index (χ3v) is 3.13. The molecule has 1 aliphatic rings. The molecule has 0 bridgehead atoms. The molecule has 4 heteroatoms. The maximum atomic E-state index is 5.85. The van der Waals surface area contributed by atoms with Crippen molar-refractivity contribution in [3.05, 3.63) is 11.8 Å². The van der Waals surface area contributed by atoms with Crippen LogP contribution in [0.25, 0.3) is 0 Å². The highest BCUT2D eigenvalue weighted by Crippen LogP contribution is 2.33. The molecule has 2 rings (SSSR count). The Morgan fingerprint density at radius 1 is 1.44 bits per heavy atom. The summed E-state index contributed by atoms with van der Waals surface area (Å²) in [6.07, 6.45) is 1.94. The number of ether oxygens (including phenoxy) is 1. The fourth-order valence-corrected chi connectivity index (χ4v) is 1.91. The topological polar surface area (TPSA) is 30.3 Å². The van der Waals surface area contributed by atoms with Crippen molar-refractivity contribution in [2.75, 3.05) is 20.7 Å². The molecule has 1 atom stereocenters. The molecule has 90 valence electrons. The minimum atomic E-state index is 0.0958. The SMILES string of the molecule is CN(C)C1COc2c(C(C)(C)C)cnn2C1. The van der Waals surface area contributed by atoms with Gasteiger partial charge in [-0.15, -0.1) is 0 Å². The summed E-state index contributed by atoms with van der Waals surface area (Å²) in [7, 11) is 4.15. The van der Waals surface area contributed by atoms with E-state index < -0.39 is 0 Å². The van der Waals surface area contributed by atoms with Crippen molar-refractivity contribution in [2.24, 2.45) is 0 Å². The van der Waals surface area contributed by atoms with Gasteiger partial charge in [-0.25, -0.2) is 4.68 Å². The number of aromatic nitrogens is 2. The normalized spacial score (nSPS) is 20.8. The fraction of sp³-hybridized carbons (Fsp3) is 0.750. The molecule has 0 saturated heterocycles. The van der Waals surface area contributed by atoms with Crippen LogP contribution in [0.4, 0.5) is 0 Å². The standard InChI is InChI=1S/C12H21N3O/c1-12(2,3)10-6-13-15-7-9(14(4)5)8-16-11(10)15/h6,9H,7-8H2,1-5H3. The number of fused-ring (bicyclic) bond motifs is 1. The molecule has 0 aliphatic carbocycles. The van der Waals surface area contributed by atoms with Gasteiger partial charge in [0, 0.05) is 5.56 Å². The van der Waals surface area contributed by atoms with Gasteiger partial charge in [0.25, 0.3) is 0 Å². The highest BCUT2D eigenvalue weighted by Gasteiger charge is 2.29. The minimum Gasteiger partial charge on any atom is -0.476 e. The van der Waals surface area contributed by atoms with Crippen LogP contribution >= 0.6 is 0 Å². The Bertz CT molecular complexity index is 376. The number of nitrogens with zero attached hydrogens (tertiary/aromatic N) is 3. The maximum Gasteiger partial charge on any atom is 0.215 e. The largest absolute Gasteiger partial charge is 0.476 e. The van der Waals surface area contributed by atoms with Crippen LogP contribution in [0.5, 0.6) is 5.88 Å². The molecule has 0 amide bonds. The van der Waals surface area contributed by atoms with E-state index in [0.29, 0.717) is 6.04 Å². The Labute approximate surface area is 97.2 Å². The Balaban J connectivity index is 2.27. The van der Waals surface area contributed by atoms with Gasteiger partial charge in [-0.05, 0) is 19.5 Å². The summed E-state index contributed by atoms with van der Waals surface area (Å²) in [5, 5.41) is 4.42. The van der Waals surface area contributed by atoms with E-state index >= 15 is 0 Å². The molecule has 0 radical (unpaired) electrons. The van der Waals surface area contributed by atoms with E-state index in [4.69, 9.17) is 4.74 Å². The Morgan fingerprint density at radius 3 is 2.69 bits per heavy atom. The van der Waals surface area contributed by atoms with E-state index in [-0.39, 0.29) is 5.41 Å². The molecule has 1 aromatic heterocycles. The molecule has 1 unspecified atom stereocenters. The number of rotatable bonds is 1. The zero-order chi connectivity index (χ0) is 11.9. The highest BCUT2D eigenvalue weighted by atomic mass is 16.5. The summed E-state index contributed by atoms with van der Waals surface area (Å²) in [6, 6.07) is 0.417. The lowest BCUT2D eigenvalue weighted by Crippen LogP contribution is -2.41. The average Bonchev–Trinajstić information content (AvgIpc) is 2.58. The zero-order valence-electron chi connectivity index (χ0n) is 10.8. The molecule has 0 fully saturated rings. The lowest BCUT2D eigenvalue weighted by molar-refractivity contribution is 0.118. The molecule has 0 saturated carbocycles. The van der Waals surface area contributed by atoms with Crippen LogP contribution in [0.1, 0.15) is 26.3 Å². The smallest absolute Gasteiger partial charge is 0.215 e. The second-order valence-corrected chi connectivity index (χ2v) is 5.72. The van der Waals surface area contributed by atoms with Gasteiger partial charge in [0.15, 0.2) is 0 Å². The van der Waals surface area contributed by atoms with Crippen LogP contribution in [0, 0.1) is 0 Å². The van der Waals surface area contributed by atoms with Crippen molar-refractivity contribution < 1.29 is 4.74 Å². The van der Waals surface area contributed by atoms with Crippen molar-refractivity contribution >= 4 is 0 Å². The number of hydrogen-bond acceptors (Lipinski definition) is 3. The molecule has 0 aromatic carbocycles. The highest BCUT2D eigenvalue weighted by molar-refractivity contribution is 5.32. The Kier molecular flexibility index (Phi) is 2.70. The van der Waals surface area contributed by atoms with Crippen molar-refractivity contribution in [3.63, 3.8) is 0 Å². The first kappa shape index (κ1) is 11.5. The molecule has 4 nitrogen and oxygen atoms in total. The van der Waals surface area contributed by atoms with Crippen LogP contribution < -0.4 is 4.74 Å². The molecule has 1 aliphatic heterocycles. The van der Waals surface area contributed by atoms with Crippen LogP contribution in [0.2, 0.25) is 0 Å². The first-order valence-corrected chi connectivity index (χ1v) is 5.75. The van der Waals surface area contributed by atoms with Gasteiger partial charge in [-0.3, -0.25) is 0 Å². The summed E-state index contributed by atoms with van der Waals surface area (Å²) >= 11 is 0. The van der Waals surface area contributed by atoms with Gasteiger partial charge in [-0.1, -0.05) is 20.8 Å². The van der Waals surface area contributed by atoms with E-state index in [1.54, 1.807) is 0 Å². The fourth-order valence-electron chi connectivity index (χ4n) is 1.91. The van der Waals surface area contributed by atoms with E-state index in [2.05, 4.69) is 44.9 Å². The third-order valence-electron chi connectivity index (χ3n) is 3.13. The van der Waals surface area contributed by atoms with Gasteiger partial charge in [0.2, 0.25) is 5.88 Å². The molecular weight excluding hydrogens is 202 g/mol. The molecule has 16 heavy (non-hydrogen) atoms. The van der Waals surface area contributed by atoms with Crippen molar-refractivity contribution in [3.8, 4) is 5.88 Å². The third kappa shape index (κ3) is 1.94. The van der Waals surface area contributed by atoms with E-state index in [0.717, 1.165) is 19.0 Å². The average molecular weight is 223 g/mol. The lowest BCUT2D eigenvalue weighted by atomic mass is 9.89. The molecule has 0 N–H and O–H groups in total. The van der Waals surface area contributed by atoms with E-state index in [9.17, 15) is 0 Å². The van der Waals surface area contributed by atoms with Crippen molar-refractivity contribution in [2.45, 2.75) is 38.8 Å². The second-order valence-electron chi connectivity index (χ2n) is 5.72. The Hall–Kier alpha value is -1.03. The first-order chi connectivity index (χ1) is 7.39. The van der Waals surface area contributed by atoms with Crippen LogP contribution in [0.3, 0.4) is 0 Å². The summed E-state index contributed by atoms with van der Waals surface area (Å²) in [5.41, 5.74) is 1.29. The number of likely N-dealkylation sites (N-methyl/N-ethyl adjacent to an activating group) is 1. The Morgan fingerprint density at radius 2 is 2.12 bits per heavy atom. The second kappa shape index (κ2) is 3.77. The zero-order valence-corrected chi connectivity index (χ0v) is 10.8. The lowest BCUT2D eigenvalue weighted by Gasteiger charge is -2.30. The van der Waals surface area contributed by atoms with Gasteiger partial charge in [0.1, 0.15) is 6.61 Å². The molecular formula is C12H21N3O. The van der Waals surface area contributed by atoms with Crippen molar-refractivity contribution in [1.29, 1.82) is 0 Å². The maximum absolute atomic E-state index is 5.85. The van der Waals surface area contributed by atoms with E-state index in [1.807, 2.05) is 10.9 Å². The monoisotopic (exact) mass is 223 g/mol. The summed E-state index contributed by atoms with van der Waals surface area (Å²) in [5.74, 6) is 0.950. The summed E-state index contributed by atoms with van der Waals surface area (Å²) < 4.78 is 7.83. The van der Waals surface area contributed by atoms with Gasteiger partial charge in [-0.2, -0.15) is 5.10 Å². The van der Waals surface area contributed by atoms with Crippen LogP contribution in [-0.2, 0) is 12.0 Å². The minimum absolute atomic E-state index is 0.0958. The van der Waals surface area contributed by atoms with Crippen LogP contribution in [-0.4, -0.2) is 41.4 Å². The van der Waals surface area contributed by atoms with Crippen LogP contribution in [0.15, 0.2) is 6.20 Å². The van der Waals surface area contributed by atoms with Gasteiger partial charge >= 0.3 is 0 Å². The number of hydrogen-bond donors (Lipinski definition) is 0. The molecule has 2 heterocycles. The predicted molar refractivity (Wildman–Crippen MR) is 63.9 cm³/mol. The predicted octanol–water partition coefficient (Wildman–Crippen LogP) is 1.50. The first-order valence-electron chi connectivity index (χ1n) is 5.75.